The summed E-state index contributed by atoms with van der Waals surface area (Å²) in [4.78, 5) is 0. The molecule has 0 spiro atoms. The first-order chi connectivity index (χ1) is 8.27. The van der Waals surface area contributed by atoms with Crippen molar-refractivity contribution in [2.24, 2.45) is 0 Å². The largest absolute Gasteiger partial charge is 0.464 e. The molecule has 1 aromatic heterocycles. The Labute approximate surface area is 97.6 Å². The fourth-order valence-electron chi connectivity index (χ4n) is 2.54. The van der Waals surface area contributed by atoms with Crippen molar-refractivity contribution in [3.63, 3.8) is 0 Å². The molecule has 2 aromatic rings. The van der Waals surface area contributed by atoms with E-state index >= 15 is 0 Å². The smallest absolute Gasteiger partial charge is 0.140 e. The van der Waals surface area contributed by atoms with Gasteiger partial charge in [0.15, 0.2) is 0 Å². The molecule has 0 amide bonds. The highest BCUT2D eigenvalue weighted by Gasteiger charge is 2.24. The van der Waals surface area contributed by atoms with Crippen LogP contribution in [0.3, 0.4) is 0 Å². The fourth-order valence-corrected chi connectivity index (χ4v) is 2.54. The van der Waals surface area contributed by atoms with E-state index in [2.05, 4.69) is 5.32 Å². The van der Waals surface area contributed by atoms with Gasteiger partial charge in [-0.25, -0.2) is 8.78 Å². The normalized spacial score (nSPS) is 17.8. The molecule has 1 fully saturated rings. The molecule has 2 nitrogen and oxygen atoms in total. The number of rotatable bonds is 1. The Morgan fingerprint density at radius 1 is 1.24 bits per heavy atom. The SMILES string of the molecule is Fc1cc2occc2c(F)c1C1CCNCC1. The minimum atomic E-state index is -0.489. The van der Waals surface area contributed by atoms with Crippen molar-refractivity contribution in [2.45, 2.75) is 18.8 Å². The predicted molar refractivity (Wildman–Crippen MR) is 61.0 cm³/mol. The second-order valence-electron chi connectivity index (χ2n) is 4.44. The average molecular weight is 237 g/mol. The zero-order chi connectivity index (χ0) is 11.8. The minimum absolute atomic E-state index is 0.0319. The van der Waals surface area contributed by atoms with Gasteiger partial charge in [0.1, 0.15) is 17.2 Å². The fraction of sp³-hybridized carbons (Fsp3) is 0.385. The van der Waals surface area contributed by atoms with Crippen LogP contribution in [0.1, 0.15) is 24.3 Å². The van der Waals surface area contributed by atoms with Crippen molar-refractivity contribution in [3.05, 3.63) is 35.6 Å². The molecule has 0 atom stereocenters. The number of hydrogen-bond donors (Lipinski definition) is 1. The molecule has 0 unspecified atom stereocenters. The lowest BCUT2D eigenvalue weighted by molar-refractivity contribution is 0.428. The Balaban J connectivity index is 2.13. The van der Waals surface area contributed by atoms with Crippen molar-refractivity contribution < 1.29 is 13.2 Å². The summed E-state index contributed by atoms with van der Waals surface area (Å²) in [5, 5.41) is 3.57. The predicted octanol–water partition coefficient (Wildman–Crippen LogP) is 3.18. The van der Waals surface area contributed by atoms with Gasteiger partial charge in [-0.2, -0.15) is 0 Å². The van der Waals surface area contributed by atoms with E-state index in [1.165, 1.54) is 12.3 Å². The zero-order valence-electron chi connectivity index (χ0n) is 9.30. The summed E-state index contributed by atoms with van der Waals surface area (Å²) in [5.74, 6) is -0.979. The van der Waals surface area contributed by atoms with E-state index in [1.54, 1.807) is 6.07 Å². The molecule has 1 aliphatic rings. The Bertz CT molecular complexity index is 544. The molecule has 0 aliphatic carbocycles. The maximum atomic E-state index is 14.2. The van der Waals surface area contributed by atoms with Gasteiger partial charge in [-0.15, -0.1) is 0 Å². The molecular weight excluding hydrogens is 224 g/mol. The molecule has 0 radical (unpaired) electrons. The lowest BCUT2D eigenvalue weighted by Crippen LogP contribution is -2.27. The first-order valence-electron chi connectivity index (χ1n) is 5.83. The van der Waals surface area contributed by atoms with Crippen molar-refractivity contribution in [3.8, 4) is 0 Å². The topological polar surface area (TPSA) is 25.2 Å². The van der Waals surface area contributed by atoms with Gasteiger partial charge in [0.2, 0.25) is 0 Å². The number of fused-ring (bicyclic) bond motifs is 1. The maximum absolute atomic E-state index is 14.2. The van der Waals surface area contributed by atoms with Crippen molar-refractivity contribution in [1.82, 2.24) is 5.32 Å². The maximum Gasteiger partial charge on any atom is 0.140 e. The van der Waals surface area contributed by atoms with Crippen LogP contribution in [0.25, 0.3) is 11.0 Å². The molecular formula is C13H13F2NO. The number of nitrogens with one attached hydrogen (secondary N) is 1. The Kier molecular flexibility index (Phi) is 2.59. The van der Waals surface area contributed by atoms with E-state index in [-0.39, 0.29) is 17.1 Å². The monoisotopic (exact) mass is 237 g/mol. The van der Waals surface area contributed by atoms with E-state index in [0.29, 0.717) is 5.39 Å². The van der Waals surface area contributed by atoms with Crippen LogP contribution in [0, 0.1) is 11.6 Å². The molecule has 3 rings (SSSR count). The summed E-state index contributed by atoms with van der Waals surface area (Å²) in [6.07, 6.45) is 2.94. The zero-order valence-corrected chi connectivity index (χ0v) is 9.30. The van der Waals surface area contributed by atoms with Gasteiger partial charge in [-0.1, -0.05) is 0 Å². The number of benzene rings is 1. The van der Waals surface area contributed by atoms with Crippen LogP contribution in [-0.2, 0) is 0 Å². The van der Waals surface area contributed by atoms with Crippen molar-refractivity contribution in [1.29, 1.82) is 0 Å². The van der Waals surface area contributed by atoms with Gasteiger partial charge >= 0.3 is 0 Å². The highest BCUT2D eigenvalue weighted by Crippen LogP contribution is 2.34. The lowest BCUT2D eigenvalue weighted by Gasteiger charge is -2.23. The average Bonchev–Trinajstić information content (AvgIpc) is 2.78. The summed E-state index contributed by atoms with van der Waals surface area (Å²) in [5.41, 5.74) is 0.498. The number of hydrogen-bond acceptors (Lipinski definition) is 2. The van der Waals surface area contributed by atoms with Crippen LogP contribution in [-0.4, -0.2) is 13.1 Å². The summed E-state index contributed by atoms with van der Waals surface area (Å²) in [6.45, 7) is 1.62. The first-order valence-corrected chi connectivity index (χ1v) is 5.83. The second kappa shape index (κ2) is 4.11. The number of furan rings is 1. The molecule has 4 heteroatoms. The third kappa shape index (κ3) is 1.72. The van der Waals surface area contributed by atoms with Gasteiger partial charge in [0, 0.05) is 11.6 Å². The molecule has 1 aromatic carbocycles. The van der Waals surface area contributed by atoms with Crippen molar-refractivity contribution in [2.75, 3.05) is 13.1 Å². The molecule has 1 N–H and O–H groups in total. The van der Waals surface area contributed by atoms with E-state index < -0.39 is 11.6 Å². The van der Waals surface area contributed by atoms with Gasteiger partial charge < -0.3 is 9.73 Å². The van der Waals surface area contributed by atoms with Crippen LogP contribution < -0.4 is 5.32 Å². The highest BCUT2D eigenvalue weighted by molar-refractivity contribution is 5.79. The number of piperidine rings is 1. The van der Waals surface area contributed by atoms with E-state index in [9.17, 15) is 8.78 Å². The van der Waals surface area contributed by atoms with Crippen LogP contribution >= 0.6 is 0 Å². The van der Waals surface area contributed by atoms with Gasteiger partial charge in [-0.3, -0.25) is 0 Å². The standard InChI is InChI=1S/C13H13F2NO/c14-10-7-11-9(3-6-17-11)13(15)12(10)8-1-4-16-5-2-8/h3,6-8,16H,1-2,4-5H2. The molecule has 17 heavy (non-hydrogen) atoms. The van der Waals surface area contributed by atoms with E-state index in [1.807, 2.05) is 0 Å². The lowest BCUT2D eigenvalue weighted by atomic mass is 9.89. The van der Waals surface area contributed by atoms with Gasteiger partial charge in [0.05, 0.1) is 11.6 Å². The first kappa shape index (κ1) is 10.7. The number of halogens is 2. The second-order valence-corrected chi connectivity index (χ2v) is 4.44. The molecule has 1 saturated heterocycles. The van der Waals surface area contributed by atoms with Gasteiger partial charge in [0.25, 0.3) is 0 Å². The molecule has 1 aliphatic heterocycles. The van der Waals surface area contributed by atoms with E-state index in [4.69, 9.17) is 4.42 Å². The van der Waals surface area contributed by atoms with Crippen molar-refractivity contribution >= 4 is 11.0 Å². The summed E-state index contributed by atoms with van der Waals surface area (Å²) >= 11 is 0. The van der Waals surface area contributed by atoms with Crippen LogP contribution in [0.5, 0.6) is 0 Å². The molecule has 0 bridgehead atoms. The quantitative estimate of drug-likeness (QED) is 0.824. The van der Waals surface area contributed by atoms with Gasteiger partial charge in [-0.05, 0) is 37.9 Å². The third-order valence-corrected chi connectivity index (χ3v) is 3.43. The summed E-state index contributed by atoms with van der Waals surface area (Å²) in [7, 11) is 0. The summed E-state index contributed by atoms with van der Waals surface area (Å²) in [6, 6.07) is 2.84. The van der Waals surface area contributed by atoms with Crippen LogP contribution in [0.2, 0.25) is 0 Å². The van der Waals surface area contributed by atoms with Crippen LogP contribution in [0.4, 0.5) is 8.78 Å². The molecule has 90 valence electrons. The highest BCUT2D eigenvalue weighted by atomic mass is 19.1. The Morgan fingerprint density at radius 3 is 2.76 bits per heavy atom. The van der Waals surface area contributed by atoms with E-state index in [0.717, 1.165) is 25.9 Å². The molecule has 0 saturated carbocycles. The summed E-state index contributed by atoms with van der Waals surface area (Å²) < 4.78 is 33.2. The Hall–Kier alpha value is -1.42. The Morgan fingerprint density at radius 2 is 2.00 bits per heavy atom. The minimum Gasteiger partial charge on any atom is -0.464 e. The molecule has 2 heterocycles. The third-order valence-electron chi connectivity index (χ3n) is 3.43. The van der Waals surface area contributed by atoms with Crippen LogP contribution in [0.15, 0.2) is 22.8 Å².